The van der Waals surface area contributed by atoms with E-state index in [2.05, 4.69) is 0 Å². The van der Waals surface area contributed by atoms with Gasteiger partial charge in [0.2, 0.25) is 18.2 Å². The maximum atomic E-state index is 13.8. The maximum absolute atomic E-state index is 13.8. The van der Waals surface area contributed by atoms with Gasteiger partial charge < -0.3 is 14.7 Å². The Balaban J connectivity index is 1.48. The van der Waals surface area contributed by atoms with E-state index in [9.17, 15) is 14.4 Å². The SMILES string of the molecule is O=CN(CC(=O)N1c2ccccc2N(Cc2ccccc2)C(=O)[C@H]2CCC[C@H]21)Cc1ccccc1. The highest BCUT2D eigenvalue weighted by Gasteiger charge is 2.45. The Morgan fingerprint density at radius 3 is 2.17 bits per heavy atom. The summed E-state index contributed by atoms with van der Waals surface area (Å²) in [5.41, 5.74) is 3.48. The number of amides is 3. The summed E-state index contributed by atoms with van der Waals surface area (Å²) in [5.74, 6) is -0.351. The molecule has 2 aliphatic rings. The Labute approximate surface area is 205 Å². The molecule has 1 heterocycles. The smallest absolute Gasteiger partial charge is 0.246 e. The summed E-state index contributed by atoms with van der Waals surface area (Å²) >= 11 is 0. The van der Waals surface area contributed by atoms with Crippen LogP contribution in [-0.4, -0.2) is 35.7 Å². The molecule has 0 spiro atoms. The van der Waals surface area contributed by atoms with Gasteiger partial charge in [-0.15, -0.1) is 0 Å². The summed E-state index contributed by atoms with van der Waals surface area (Å²) in [5, 5.41) is 0. The monoisotopic (exact) mass is 467 g/mol. The van der Waals surface area contributed by atoms with Gasteiger partial charge in [-0.25, -0.2) is 0 Å². The second-order valence-electron chi connectivity index (χ2n) is 9.26. The third-order valence-electron chi connectivity index (χ3n) is 6.99. The van der Waals surface area contributed by atoms with E-state index in [-0.39, 0.29) is 30.3 Å². The quantitative estimate of drug-likeness (QED) is 0.484. The zero-order valence-corrected chi connectivity index (χ0v) is 19.6. The largest absolute Gasteiger partial charge is 0.332 e. The fourth-order valence-corrected chi connectivity index (χ4v) is 5.38. The lowest BCUT2D eigenvalue weighted by Crippen LogP contribution is -2.48. The molecular weight excluding hydrogens is 438 g/mol. The van der Waals surface area contributed by atoms with Crippen molar-refractivity contribution < 1.29 is 14.4 Å². The van der Waals surface area contributed by atoms with E-state index in [1.54, 1.807) is 4.90 Å². The molecule has 5 rings (SSSR count). The van der Waals surface area contributed by atoms with Gasteiger partial charge in [0.25, 0.3) is 0 Å². The molecule has 1 aliphatic heterocycles. The number of hydrogen-bond acceptors (Lipinski definition) is 3. The molecule has 0 bridgehead atoms. The normalized spacial score (nSPS) is 19.0. The van der Waals surface area contributed by atoms with Crippen molar-refractivity contribution in [3.05, 3.63) is 96.1 Å². The zero-order valence-electron chi connectivity index (χ0n) is 19.6. The van der Waals surface area contributed by atoms with Gasteiger partial charge in [-0.05, 0) is 36.1 Å². The molecule has 0 unspecified atom stereocenters. The molecule has 0 saturated heterocycles. The van der Waals surface area contributed by atoms with Crippen molar-refractivity contribution in [2.24, 2.45) is 5.92 Å². The molecule has 1 fully saturated rings. The summed E-state index contributed by atoms with van der Waals surface area (Å²) in [6, 6.07) is 27.0. The molecule has 3 amide bonds. The predicted molar refractivity (Wildman–Crippen MR) is 136 cm³/mol. The minimum Gasteiger partial charge on any atom is -0.332 e. The van der Waals surface area contributed by atoms with Crippen LogP contribution in [0.5, 0.6) is 0 Å². The summed E-state index contributed by atoms with van der Waals surface area (Å²) in [6.45, 7) is 0.776. The molecule has 3 aromatic carbocycles. The Kier molecular flexibility index (Phi) is 6.62. The van der Waals surface area contributed by atoms with Crippen molar-refractivity contribution in [2.45, 2.75) is 38.4 Å². The molecule has 35 heavy (non-hydrogen) atoms. The first-order valence-electron chi connectivity index (χ1n) is 12.2. The number of anilines is 2. The Morgan fingerprint density at radius 1 is 0.857 bits per heavy atom. The molecular formula is C29H29N3O3. The number of fused-ring (bicyclic) bond motifs is 2. The van der Waals surface area contributed by atoms with Crippen LogP contribution in [0, 0.1) is 5.92 Å². The van der Waals surface area contributed by atoms with Crippen LogP contribution >= 0.6 is 0 Å². The average Bonchev–Trinajstić information content (AvgIpc) is 3.34. The van der Waals surface area contributed by atoms with Crippen LogP contribution in [0.4, 0.5) is 11.4 Å². The van der Waals surface area contributed by atoms with Crippen molar-refractivity contribution in [1.29, 1.82) is 0 Å². The number of rotatable bonds is 7. The fourth-order valence-electron chi connectivity index (χ4n) is 5.38. The minimum atomic E-state index is -0.256. The molecule has 3 aromatic rings. The number of carbonyl (C=O) groups is 3. The lowest BCUT2D eigenvalue weighted by atomic mass is 10.0. The van der Waals surface area contributed by atoms with Crippen LogP contribution in [0.2, 0.25) is 0 Å². The van der Waals surface area contributed by atoms with E-state index in [1.165, 1.54) is 4.90 Å². The first-order chi connectivity index (χ1) is 17.2. The number of nitrogens with zero attached hydrogens (tertiary/aromatic N) is 3. The van der Waals surface area contributed by atoms with Crippen LogP contribution < -0.4 is 9.80 Å². The van der Waals surface area contributed by atoms with E-state index in [0.717, 1.165) is 48.2 Å². The van der Waals surface area contributed by atoms with Gasteiger partial charge in [-0.3, -0.25) is 14.4 Å². The van der Waals surface area contributed by atoms with Crippen LogP contribution in [0.1, 0.15) is 30.4 Å². The van der Waals surface area contributed by atoms with Crippen LogP contribution in [0.15, 0.2) is 84.9 Å². The predicted octanol–water partition coefficient (Wildman–Crippen LogP) is 4.39. The van der Waals surface area contributed by atoms with Crippen molar-refractivity contribution in [3.8, 4) is 0 Å². The first kappa shape index (κ1) is 22.8. The molecule has 1 aliphatic carbocycles. The standard InChI is InChI=1S/C29H29N3O3/c33-21-30(18-22-10-3-1-4-11-22)20-28(34)32-25-17-9-14-24(25)29(35)31(19-23-12-5-2-6-13-23)26-15-7-8-16-27(26)32/h1-8,10-13,15-16,21,24-25H,9,14,17-20H2/t24-,25+/m0/s1. The third-order valence-corrected chi connectivity index (χ3v) is 6.99. The van der Waals surface area contributed by atoms with Gasteiger partial charge in [0.15, 0.2) is 0 Å². The Morgan fingerprint density at radius 2 is 1.49 bits per heavy atom. The lowest BCUT2D eigenvalue weighted by Gasteiger charge is -2.32. The summed E-state index contributed by atoms with van der Waals surface area (Å²) in [4.78, 5) is 44.6. The van der Waals surface area contributed by atoms with Gasteiger partial charge >= 0.3 is 0 Å². The number of benzene rings is 3. The van der Waals surface area contributed by atoms with Crippen molar-refractivity contribution in [2.75, 3.05) is 16.3 Å². The average molecular weight is 468 g/mol. The highest BCUT2D eigenvalue weighted by Crippen LogP contribution is 2.43. The van der Waals surface area contributed by atoms with Gasteiger partial charge in [-0.1, -0.05) is 79.2 Å². The molecule has 178 valence electrons. The lowest BCUT2D eigenvalue weighted by molar-refractivity contribution is -0.127. The maximum Gasteiger partial charge on any atom is 0.246 e. The van der Waals surface area contributed by atoms with E-state index < -0.39 is 0 Å². The second-order valence-corrected chi connectivity index (χ2v) is 9.26. The van der Waals surface area contributed by atoms with E-state index >= 15 is 0 Å². The highest BCUT2D eigenvalue weighted by atomic mass is 16.2. The third kappa shape index (κ3) is 4.69. The number of para-hydroxylation sites is 2. The van der Waals surface area contributed by atoms with Crippen LogP contribution in [0.25, 0.3) is 0 Å². The molecule has 2 atom stereocenters. The molecule has 6 nitrogen and oxygen atoms in total. The highest BCUT2D eigenvalue weighted by molar-refractivity contribution is 6.07. The van der Waals surface area contributed by atoms with Gasteiger partial charge in [-0.2, -0.15) is 0 Å². The minimum absolute atomic E-state index is 0.0389. The second kappa shape index (κ2) is 10.1. The molecule has 0 radical (unpaired) electrons. The topological polar surface area (TPSA) is 60.9 Å². The van der Waals surface area contributed by atoms with Gasteiger partial charge in [0.1, 0.15) is 6.54 Å². The summed E-state index contributed by atoms with van der Waals surface area (Å²) in [7, 11) is 0. The number of carbonyl (C=O) groups excluding carboxylic acids is 3. The Bertz CT molecular complexity index is 1200. The molecule has 0 aromatic heterocycles. The fraction of sp³-hybridized carbons (Fsp3) is 0.276. The van der Waals surface area contributed by atoms with Crippen molar-refractivity contribution in [1.82, 2.24) is 4.90 Å². The summed E-state index contributed by atoms with van der Waals surface area (Å²) in [6.07, 6.45) is 3.16. The first-order valence-corrected chi connectivity index (χ1v) is 12.2. The van der Waals surface area contributed by atoms with E-state index in [4.69, 9.17) is 0 Å². The zero-order chi connectivity index (χ0) is 24.2. The molecule has 0 N–H and O–H groups in total. The molecule has 6 heteroatoms. The van der Waals surface area contributed by atoms with Crippen molar-refractivity contribution >= 4 is 29.6 Å². The number of hydrogen-bond donors (Lipinski definition) is 0. The van der Waals surface area contributed by atoms with Crippen LogP contribution in [0.3, 0.4) is 0 Å². The Hall–Kier alpha value is -3.93. The van der Waals surface area contributed by atoms with Crippen LogP contribution in [-0.2, 0) is 27.5 Å². The van der Waals surface area contributed by atoms with E-state index in [1.807, 2.05) is 89.8 Å². The van der Waals surface area contributed by atoms with Gasteiger partial charge in [0, 0.05) is 12.6 Å². The van der Waals surface area contributed by atoms with E-state index in [0.29, 0.717) is 13.1 Å². The van der Waals surface area contributed by atoms with Crippen molar-refractivity contribution in [3.63, 3.8) is 0 Å². The van der Waals surface area contributed by atoms with Gasteiger partial charge in [0.05, 0.1) is 23.8 Å². The molecule has 1 saturated carbocycles. The summed E-state index contributed by atoms with van der Waals surface area (Å²) < 4.78 is 0.